The molecule has 0 amide bonds. The van der Waals surface area contributed by atoms with Gasteiger partial charge in [-0.3, -0.25) is 13.9 Å². The van der Waals surface area contributed by atoms with Gasteiger partial charge in [-0.05, 0) is 36.6 Å². The third-order valence-electron chi connectivity index (χ3n) is 6.38. The number of hydrogen-bond donors (Lipinski definition) is 1. The van der Waals surface area contributed by atoms with Crippen LogP contribution in [0.1, 0.15) is 24.0 Å². The Morgan fingerprint density at radius 1 is 1.00 bits per heavy atom. The Morgan fingerprint density at radius 2 is 1.71 bits per heavy atom. The van der Waals surface area contributed by atoms with Gasteiger partial charge in [0.25, 0.3) is 5.56 Å². The normalized spacial score (nSPS) is 16.3. The van der Waals surface area contributed by atoms with Crippen LogP contribution < -0.4 is 16.2 Å². The fraction of sp³-hybridized carbons (Fsp3) is 0.346. The van der Waals surface area contributed by atoms with Crippen LogP contribution in [0.4, 0.5) is 5.95 Å². The van der Waals surface area contributed by atoms with Gasteiger partial charge in [0.15, 0.2) is 16.3 Å². The van der Waals surface area contributed by atoms with Crippen LogP contribution in [0.2, 0.25) is 0 Å². The Bertz CT molecular complexity index is 1320. The van der Waals surface area contributed by atoms with E-state index in [1.165, 1.54) is 17.3 Å². The second-order valence-electron chi connectivity index (χ2n) is 8.79. The fourth-order valence-corrected chi connectivity index (χ4v) is 5.24. The van der Waals surface area contributed by atoms with Crippen LogP contribution in [-0.2, 0) is 19.5 Å². The maximum atomic E-state index is 13.9. The number of nitrogens with zero attached hydrogens (tertiary/aromatic N) is 5. The van der Waals surface area contributed by atoms with Crippen molar-refractivity contribution >= 4 is 28.9 Å². The molecule has 4 aromatic rings. The van der Waals surface area contributed by atoms with Crippen LogP contribution in [0.5, 0.6) is 0 Å². The first-order valence-corrected chi connectivity index (χ1v) is 13.0. The van der Waals surface area contributed by atoms with E-state index in [0.717, 1.165) is 43.9 Å². The minimum atomic E-state index is -0.0405. The quantitative estimate of drug-likeness (QED) is 0.326. The number of imidazole rings is 1. The van der Waals surface area contributed by atoms with E-state index in [1.54, 1.807) is 4.57 Å². The van der Waals surface area contributed by atoms with Crippen LogP contribution in [0, 0.1) is 0 Å². The zero-order valence-corrected chi connectivity index (χ0v) is 20.2. The highest BCUT2D eigenvalue weighted by Gasteiger charge is 2.26. The van der Waals surface area contributed by atoms with Crippen molar-refractivity contribution in [3.8, 4) is 0 Å². The van der Waals surface area contributed by atoms with E-state index in [9.17, 15) is 4.79 Å². The van der Waals surface area contributed by atoms with Crippen molar-refractivity contribution in [2.45, 2.75) is 43.6 Å². The molecule has 8 heteroatoms. The largest absolute Gasteiger partial charge is 0.341 e. The van der Waals surface area contributed by atoms with E-state index in [1.807, 2.05) is 47.2 Å². The zero-order chi connectivity index (χ0) is 23.5. The molecule has 1 unspecified atom stereocenters. The summed E-state index contributed by atoms with van der Waals surface area (Å²) in [5, 5.41) is 0.694. The fourth-order valence-electron chi connectivity index (χ4n) is 4.67. The number of anilines is 1. The molecule has 1 aliphatic heterocycles. The number of thioether (sulfide) groups is 1. The van der Waals surface area contributed by atoms with E-state index >= 15 is 0 Å². The summed E-state index contributed by atoms with van der Waals surface area (Å²) in [6.45, 7) is 2.74. The third kappa shape index (κ3) is 4.60. The van der Waals surface area contributed by atoms with Gasteiger partial charge in [-0.25, -0.2) is 4.98 Å². The highest BCUT2D eigenvalue weighted by Crippen LogP contribution is 2.25. The molecule has 1 saturated heterocycles. The highest BCUT2D eigenvalue weighted by atomic mass is 32.2. The number of piperidine rings is 1. The van der Waals surface area contributed by atoms with Gasteiger partial charge in [-0.2, -0.15) is 4.98 Å². The molecule has 0 bridgehead atoms. The van der Waals surface area contributed by atoms with Crippen molar-refractivity contribution in [3.63, 3.8) is 0 Å². The van der Waals surface area contributed by atoms with Crippen molar-refractivity contribution in [2.75, 3.05) is 24.2 Å². The maximum absolute atomic E-state index is 13.9. The summed E-state index contributed by atoms with van der Waals surface area (Å²) < 4.78 is 3.84. The van der Waals surface area contributed by atoms with Gasteiger partial charge in [0.1, 0.15) is 0 Å². The Morgan fingerprint density at radius 3 is 2.38 bits per heavy atom. The van der Waals surface area contributed by atoms with Gasteiger partial charge in [0, 0.05) is 25.7 Å². The van der Waals surface area contributed by atoms with Crippen molar-refractivity contribution in [3.05, 3.63) is 82.1 Å². The van der Waals surface area contributed by atoms with Gasteiger partial charge >= 0.3 is 0 Å². The first kappa shape index (κ1) is 22.7. The van der Waals surface area contributed by atoms with Gasteiger partial charge < -0.3 is 10.6 Å². The van der Waals surface area contributed by atoms with Crippen LogP contribution in [0.15, 0.2) is 70.6 Å². The average Bonchev–Trinajstić information content (AvgIpc) is 3.23. The molecule has 176 valence electrons. The molecule has 2 aromatic carbocycles. The van der Waals surface area contributed by atoms with E-state index in [4.69, 9.17) is 15.7 Å². The zero-order valence-electron chi connectivity index (χ0n) is 19.4. The smallest absolute Gasteiger partial charge is 0.280 e. The number of aryl methyl sites for hydroxylation is 1. The molecular weight excluding hydrogens is 444 g/mol. The molecule has 0 aliphatic carbocycles. The Hall–Kier alpha value is -3.10. The van der Waals surface area contributed by atoms with Crippen LogP contribution in [0.3, 0.4) is 0 Å². The third-order valence-corrected chi connectivity index (χ3v) is 7.06. The summed E-state index contributed by atoms with van der Waals surface area (Å²) in [6.07, 6.45) is 4.75. The summed E-state index contributed by atoms with van der Waals surface area (Å²) in [5.74, 6) is 0.784. The lowest BCUT2D eigenvalue weighted by Crippen LogP contribution is -2.44. The number of fused-ring (bicyclic) bond motifs is 1. The average molecular weight is 475 g/mol. The van der Waals surface area contributed by atoms with Crippen molar-refractivity contribution in [1.29, 1.82) is 0 Å². The van der Waals surface area contributed by atoms with E-state index in [2.05, 4.69) is 29.2 Å². The number of hydrogen-bond acceptors (Lipinski definition) is 6. The SMILES string of the molecule is CSc1nc2nc(N3CCCC(N)C3)n(Cc3ccccc3)c2c(=O)n1CCc1ccccc1. The molecule has 3 heterocycles. The molecule has 0 saturated carbocycles. The highest BCUT2D eigenvalue weighted by molar-refractivity contribution is 7.98. The Balaban J connectivity index is 1.62. The molecule has 2 aromatic heterocycles. The predicted molar refractivity (Wildman–Crippen MR) is 139 cm³/mol. The summed E-state index contributed by atoms with van der Waals surface area (Å²) in [6, 6.07) is 20.6. The van der Waals surface area contributed by atoms with Crippen LogP contribution in [-0.4, -0.2) is 44.5 Å². The minimum Gasteiger partial charge on any atom is -0.341 e. The minimum absolute atomic E-state index is 0.0405. The molecule has 1 aliphatic rings. The number of rotatable bonds is 7. The first-order valence-electron chi connectivity index (χ1n) is 11.8. The van der Waals surface area contributed by atoms with Crippen LogP contribution >= 0.6 is 11.8 Å². The second kappa shape index (κ2) is 10.0. The van der Waals surface area contributed by atoms with Crippen LogP contribution in [0.25, 0.3) is 11.2 Å². The molecular formula is C26H30N6OS. The molecule has 0 spiro atoms. The number of nitrogens with two attached hydrogens (primary N) is 1. The molecule has 2 N–H and O–H groups in total. The van der Waals surface area contributed by atoms with E-state index < -0.39 is 0 Å². The molecule has 5 rings (SSSR count). The monoisotopic (exact) mass is 474 g/mol. The van der Waals surface area contributed by atoms with Gasteiger partial charge in [0.05, 0.1) is 6.54 Å². The lowest BCUT2D eigenvalue weighted by Gasteiger charge is -2.31. The molecule has 1 atom stereocenters. The van der Waals surface area contributed by atoms with E-state index in [-0.39, 0.29) is 11.6 Å². The van der Waals surface area contributed by atoms with Crippen molar-refractivity contribution in [2.24, 2.45) is 5.73 Å². The predicted octanol–water partition coefficient (Wildman–Crippen LogP) is 3.53. The Kier molecular flexibility index (Phi) is 6.69. The van der Waals surface area contributed by atoms with Gasteiger partial charge in [-0.1, -0.05) is 72.4 Å². The Labute approximate surface area is 203 Å². The van der Waals surface area contributed by atoms with E-state index in [0.29, 0.717) is 29.4 Å². The van der Waals surface area contributed by atoms with Gasteiger partial charge in [0.2, 0.25) is 5.95 Å². The van der Waals surface area contributed by atoms with Crippen molar-refractivity contribution < 1.29 is 0 Å². The van der Waals surface area contributed by atoms with Gasteiger partial charge in [-0.15, -0.1) is 0 Å². The maximum Gasteiger partial charge on any atom is 0.280 e. The second-order valence-corrected chi connectivity index (χ2v) is 9.57. The lowest BCUT2D eigenvalue weighted by atomic mass is 10.1. The molecule has 1 fully saturated rings. The van der Waals surface area contributed by atoms with Crippen molar-refractivity contribution in [1.82, 2.24) is 19.1 Å². The lowest BCUT2D eigenvalue weighted by molar-refractivity contribution is 0.495. The number of benzene rings is 2. The molecule has 34 heavy (non-hydrogen) atoms. The summed E-state index contributed by atoms with van der Waals surface area (Å²) in [7, 11) is 0. The molecule has 0 radical (unpaired) electrons. The molecule has 7 nitrogen and oxygen atoms in total. The standard InChI is InChI=1S/C26H30N6OS/c1-34-26-29-23-22(24(33)31(26)16-14-19-9-4-2-5-10-19)32(17-20-11-6-3-7-12-20)25(28-23)30-15-8-13-21(27)18-30/h2-7,9-12,21H,8,13-18,27H2,1H3. The number of aromatic nitrogens is 4. The summed E-state index contributed by atoms with van der Waals surface area (Å²) in [5.41, 5.74) is 9.63. The first-order chi connectivity index (χ1) is 16.6. The summed E-state index contributed by atoms with van der Waals surface area (Å²) in [4.78, 5) is 25.9. The summed E-state index contributed by atoms with van der Waals surface area (Å²) >= 11 is 1.48. The topological polar surface area (TPSA) is 82.0 Å².